The number of methoxy groups -OCH3 is 1. The first-order valence-electron chi connectivity index (χ1n) is 11.3. The SMILES string of the molecule is CCc1ccc(Cn2c(NCc3cccnc3N)nc(=O)n(Cc3ccc(OC)cc3)c2=O)cc1. The molecule has 0 aliphatic heterocycles. The minimum atomic E-state index is -0.634. The number of nitrogens with one attached hydrogen (secondary N) is 1. The van der Waals surface area contributed by atoms with E-state index in [1.54, 1.807) is 31.5 Å². The molecule has 4 aromatic rings. The molecule has 4 rings (SSSR count). The summed E-state index contributed by atoms with van der Waals surface area (Å²) in [7, 11) is 1.58. The molecule has 0 aliphatic carbocycles. The van der Waals surface area contributed by atoms with Gasteiger partial charge in [0.25, 0.3) is 0 Å². The zero-order chi connectivity index (χ0) is 24.8. The Morgan fingerprint density at radius 3 is 2.17 bits per heavy atom. The molecule has 3 N–H and O–H groups in total. The zero-order valence-corrected chi connectivity index (χ0v) is 19.8. The van der Waals surface area contributed by atoms with Gasteiger partial charge in [-0.05, 0) is 41.3 Å². The van der Waals surface area contributed by atoms with Crippen LogP contribution in [-0.4, -0.2) is 26.2 Å². The standard InChI is InChI=1S/C26H28N6O3/c1-3-18-6-8-19(9-7-18)16-31-24(29-15-21-5-4-14-28-23(21)27)30-25(33)32(26(31)34)17-20-10-12-22(35-2)13-11-20/h4-14H,3,15-17H2,1-2H3,(H2,27,28)(H,29,30,33). The van der Waals surface area contributed by atoms with E-state index >= 15 is 0 Å². The Hall–Kier alpha value is -4.40. The second-order valence-corrected chi connectivity index (χ2v) is 8.09. The van der Waals surface area contributed by atoms with Crippen LogP contribution in [0.3, 0.4) is 0 Å². The predicted octanol–water partition coefficient (Wildman–Crippen LogP) is 2.66. The third kappa shape index (κ3) is 5.57. The molecule has 9 heteroatoms. The highest BCUT2D eigenvalue weighted by molar-refractivity contribution is 5.41. The van der Waals surface area contributed by atoms with Crippen LogP contribution in [0.5, 0.6) is 5.75 Å². The van der Waals surface area contributed by atoms with Gasteiger partial charge in [0.2, 0.25) is 5.95 Å². The van der Waals surface area contributed by atoms with Crippen molar-refractivity contribution in [2.75, 3.05) is 18.2 Å². The average Bonchev–Trinajstić information content (AvgIpc) is 2.88. The van der Waals surface area contributed by atoms with Crippen molar-refractivity contribution in [2.24, 2.45) is 0 Å². The summed E-state index contributed by atoms with van der Waals surface area (Å²) in [4.78, 5) is 34.7. The van der Waals surface area contributed by atoms with Gasteiger partial charge in [0.1, 0.15) is 11.6 Å². The molecule has 180 valence electrons. The molecule has 0 fully saturated rings. The highest BCUT2D eigenvalue weighted by Crippen LogP contribution is 2.13. The number of aryl methyl sites for hydroxylation is 1. The molecule has 0 bridgehead atoms. The zero-order valence-electron chi connectivity index (χ0n) is 19.8. The molecule has 0 spiro atoms. The van der Waals surface area contributed by atoms with Gasteiger partial charge < -0.3 is 15.8 Å². The summed E-state index contributed by atoms with van der Waals surface area (Å²) in [5, 5.41) is 3.10. The van der Waals surface area contributed by atoms with Crippen LogP contribution in [0, 0.1) is 0 Å². The molecule has 2 aromatic heterocycles. The third-order valence-electron chi connectivity index (χ3n) is 5.78. The van der Waals surface area contributed by atoms with E-state index in [1.807, 2.05) is 42.5 Å². The minimum Gasteiger partial charge on any atom is -0.497 e. The van der Waals surface area contributed by atoms with Crippen molar-refractivity contribution in [2.45, 2.75) is 33.0 Å². The third-order valence-corrected chi connectivity index (χ3v) is 5.78. The number of hydrogen-bond donors (Lipinski definition) is 2. The van der Waals surface area contributed by atoms with E-state index in [4.69, 9.17) is 10.5 Å². The number of anilines is 2. The van der Waals surface area contributed by atoms with E-state index < -0.39 is 11.4 Å². The molecule has 0 unspecified atom stereocenters. The summed E-state index contributed by atoms with van der Waals surface area (Å²) in [5.41, 5.74) is 8.51. The monoisotopic (exact) mass is 472 g/mol. The minimum absolute atomic E-state index is 0.0965. The van der Waals surface area contributed by atoms with Gasteiger partial charge in [-0.25, -0.2) is 19.1 Å². The Kier molecular flexibility index (Phi) is 7.25. The number of nitrogens with two attached hydrogens (primary N) is 1. The second kappa shape index (κ2) is 10.7. The predicted molar refractivity (Wildman–Crippen MR) is 136 cm³/mol. The largest absolute Gasteiger partial charge is 0.497 e. The van der Waals surface area contributed by atoms with E-state index in [0.29, 0.717) is 11.6 Å². The molecular weight excluding hydrogens is 444 g/mol. The molecule has 0 saturated carbocycles. The lowest BCUT2D eigenvalue weighted by molar-refractivity contribution is 0.414. The fraction of sp³-hybridized carbons (Fsp3) is 0.231. The Bertz CT molecular complexity index is 1410. The van der Waals surface area contributed by atoms with Crippen molar-refractivity contribution < 1.29 is 4.74 Å². The molecule has 0 amide bonds. The molecular formula is C26H28N6O3. The van der Waals surface area contributed by atoms with Crippen molar-refractivity contribution in [3.05, 3.63) is 110 Å². The number of ether oxygens (including phenoxy) is 1. The Balaban J connectivity index is 1.71. The fourth-order valence-electron chi connectivity index (χ4n) is 3.69. The maximum absolute atomic E-state index is 13.5. The summed E-state index contributed by atoms with van der Waals surface area (Å²) >= 11 is 0. The number of nitrogens with zero attached hydrogens (tertiary/aromatic N) is 4. The lowest BCUT2D eigenvalue weighted by Gasteiger charge is -2.16. The number of hydrogen-bond acceptors (Lipinski definition) is 7. The summed E-state index contributed by atoms with van der Waals surface area (Å²) in [6.45, 7) is 2.70. The van der Waals surface area contributed by atoms with Crippen LogP contribution in [-0.2, 0) is 26.1 Å². The smallest absolute Gasteiger partial charge is 0.355 e. The van der Waals surface area contributed by atoms with Crippen LogP contribution < -0.4 is 27.2 Å². The van der Waals surface area contributed by atoms with E-state index in [9.17, 15) is 9.59 Å². The first-order chi connectivity index (χ1) is 17.0. The van der Waals surface area contributed by atoms with E-state index in [0.717, 1.165) is 27.7 Å². The van der Waals surface area contributed by atoms with Crippen LogP contribution in [0.15, 0.2) is 76.4 Å². The Labute approximate surface area is 202 Å². The van der Waals surface area contributed by atoms with Crippen LogP contribution in [0.1, 0.15) is 29.2 Å². The van der Waals surface area contributed by atoms with Crippen molar-refractivity contribution in [1.82, 2.24) is 19.1 Å². The van der Waals surface area contributed by atoms with Gasteiger partial charge in [-0.3, -0.25) is 4.57 Å². The lowest BCUT2D eigenvalue weighted by Crippen LogP contribution is -2.43. The topological polar surface area (TPSA) is 117 Å². The quantitative estimate of drug-likeness (QED) is 0.385. The second-order valence-electron chi connectivity index (χ2n) is 8.09. The fourth-order valence-corrected chi connectivity index (χ4v) is 3.69. The summed E-state index contributed by atoms with van der Waals surface area (Å²) in [6.07, 6.45) is 2.53. The van der Waals surface area contributed by atoms with Gasteiger partial charge >= 0.3 is 11.4 Å². The van der Waals surface area contributed by atoms with Crippen LogP contribution in [0.4, 0.5) is 11.8 Å². The summed E-state index contributed by atoms with van der Waals surface area (Å²) in [5.74, 6) is 1.24. The number of nitrogen functional groups attached to an aromatic ring is 1. The van der Waals surface area contributed by atoms with E-state index in [-0.39, 0.29) is 25.6 Å². The molecule has 35 heavy (non-hydrogen) atoms. The van der Waals surface area contributed by atoms with Crippen molar-refractivity contribution >= 4 is 11.8 Å². The summed E-state index contributed by atoms with van der Waals surface area (Å²) in [6, 6.07) is 18.8. The maximum atomic E-state index is 13.5. The van der Waals surface area contributed by atoms with Gasteiger partial charge in [-0.15, -0.1) is 0 Å². The van der Waals surface area contributed by atoms with Gasteiger partial charge in [-0.2, -0.15) is 4.98 Å². The van der Waals surface area contributed by atoms with Crippen molar-refractivity contribution in [3.8, 4) is 5.75 Å². The molecule has 2 heterocycles. The summed E-state index contributed by atoms with van der Waals surface area (Å²) < 4.78 is 7.79. The van der Waals surface area contributed by atoms with Crippen molar-refractivity contribution in [3.63, 3.8) is 0 Å². The van der Waals surface area contributed by atoms with E-state index in [1.165, 1.54) is 10.1 Å². The number of aromatic nitrogens is 4. The molecule has 0 radical (unpaired) electrons. The van der Waals surface area contributed by atoms with Gasteiger partial charge in [-0.1, -0.05) is 49.4 Å². The lowest BCUT2D eigenvalue weighted by atomic mass is 10.1. The number of rotatable bonds is 9. The maximum Gasteiger partial charge on any atom is 0.355 e. The van der Waals surface area contributed by atoms with Crippen LogP contribution in [0.25, 0.3) is 0 Å². The average molecular weight is 473 g/mol. The van der Waals surface area contributed by atoms with Gasteiger partial charge in [0, 0.05) is 18.3 Å². The van der Waals surface area contributed by atoms with Crippen LogP contribution >= 0.6 is 0 Å². The first-order valence-corrected chi connectivity index (χ1v) is 11.3. The Morgan fingerprint density at radius 2 is 1.54 bits per heavy atom. The van der Waals surface area contributed by atoms with Crippen molar-refractivity contribution in [1.29, 1.82) is 0 Å². The molecule has 0 aliphatic rings. The molecule has 0 saturated heterocycles. The normalized spacial score (nSPS) is 10.8. The highest BCUT2D eigenvalue weighted by atomic mass is 16.5. The molecule has 2 aromatic carbocycles. The number of benzene rings is 2. The Morgan fingerprint density at radius 1 is 0.914 bits per heavy atom. The first kappa shape index (κ1) is 23.7. The van der Waals surface area contributed by atoms with Crippen LogP contribution in [0.2, 0.25) is 0 Å². The molecule has 0 atom stereocenters. The number of pyridine rings is 1. The van der Waals surface area contributed by atoms with Gasteiger partial charge in [0.05, 0.1) is 20.2 Å². The van der Waals surface area contributed by atoms with E-state index in [2.05, 4.69) is 22.2 Å². The van der Waals surface area contributed by atoms with Gasteiger partial charge in [0.15, 0.2) is 0 Å². The highest BCUT2D eigenvalue weighted by Gasteiger charge is 2.15. The molecule has 9 nitrogen and oxygen atoms in total.